The number of hydrogen-bond acceptors (Lipinski definition) is 4. The van der Waals surface area contributed by atoms with Gasteiger partial charge in [0.15, 0.2) is 0 Å². The second-order valence-electron chi connectivity index (χ2n) is 6.44. The fourth-order valence-electron chi connectivity index (χ4n) is 2.98. The van der Waals surface area contributed by atoms with Gasteiger partial charge in [0, 0.05) is 37.6 Å². The van der Waals surface area contributed by atoms with Gasteiger partial charge in [-0.3, -0.25) is 9.59 Å². The van der Waals surface area contributed by atoms with Gasteiger partial charge in [-0.05, 0) is 55.0 Å². The number of ether oxygens (including phenoxy) is 1. The summed E-state index contributed by atoms with van der Waals surface area (Å²) >= 11 is 0. The molecule has 0 aliphatic carbocycles. The van der Waals surface area contributed by atoms with E-state index in [4.69, 9.17) is 4.74 Å². The van der Waals surface area contributed by atoms with E-state index in [0.717, 1.165) is 17.1 Å². The van der Waals surface area contributed by atoms with Crippen molar-refractivity contribution in [2.75, 3.05) is 37.5 Å². The third-order valence-electron chi connectivity index (χ3n) is 4.54. The van der Waals surface area contributed by atoms with Crippen molar-refractivity contribution in [2.24, 2.45) is 0 Å². The molecule has 0 radical (unpaired) electrons. The van der Waals surface area contributed by atoms with Crippen molar-refractivity contribution in [3.8, 4) is 5.75 Å². The van der Waals surface area contributed by atoms with Gasteiger partial charge in [0.2, 0.25) is 5.91 Å². The fraction of sp³-hybridized carbons (Fsp3) is 0.300. The predicted octanol–water partition coefficient (Wildman–Crippen LogP) is 2.30. The number of benzene rings is 2. The monoisotopic (exact) mass is 353 g/mol. The van der Waals surface area contributed by atoms with Gasteiger partial charge < -0.3 is 19.9 Å². The second-order valence-corrected chi connectivity index (χ2v) is 6.44. The van der Waals surface area contributed by atoms with Crippen LogP contribution in [0.1, 0.15) is 16.8 Å². The summed E-state index contributed by atoms with van der Waals surface area (Å²) < 4.78 is 5.14. The summed E-state index contributed by atoms with van der Waals surface area (Å²) in [5.74, 6) is 0.421. The Morgan fingerprint density at radius 3 is 2.35 bits per heavy atom. The van der Waals surface area contributed by atoms with E-state index in [1.54, 1.807) is 24.1 Å². The van der Waals surface area contributed by atoms with Crippen LogP contribution in [0.15, 0.2) is 48.5 Å². The van der Waals surface area contributed by atoms with Crippen LogP contribution in [0.2, 0.25) is 0 Å². The number of nitrogens with one attached hydrogen (secondary N) is 1. The summed E-state index contributed by atoms with van der Waals surface area (Å²) in [5.41, 5.74) is 2.37. The highest BCUT2D eigenvalue weighted by atomic mass is 16.5. The summed E-state index contributed by atoms with van der Waals surface area (Å²) in [6, 6.07) is 14.1. The molecule has 6 heteroatoms. The average Bonchev–Trinajstić information content (AvgIpc) is 3.02. The SMILES string of the molecule is COc1ccc(N2CCC(NC(=O)c3ccc(N(C)C)cc3)C2=O)cc1. The maximum atomic E-state index is 12.6. The maximum Gasteiger partial charge on any atom is 0.251 e. The molecular formula is C20H23N3O3. The van der Waals surface area contributed by atoms with Crippen molar-refractivity contribution in [1.29, 1.82) is 0 Å². The van der Waals surface area contributed by atoms with Gasteiger partial charge in [-0.25, -0.2) is 0 Å². The quantitative estimate of drug-likeness (QED) is 0.896. The molecule has 0 bridgehead atoms. The van der Waals surface area contributed by atoms with Crippen molar-refractivity contribution in [1.82, 2.24) is 5.32 Å². The average molecular weight is 353 g/mol. The third kappa shape index (κ3) is 3.64. The van der Waals surface area contributed by atoms with Crippen LogP contribution in [0.4, 0.5) is 11.4 Å². The first kappa shape index (κ1) is 17.8. The standard InChI is InChI=1S/C20H23N3O3/c1-22(2)15-6-4-14(5-7-15)19(24)21-18-12-13-23(20(18)25)16-8-10-17(26-3)11-9-16/h4-11,18H,12-13H2,1-3H3,(H,21,24). The maximum absolute atomic E-state index is 12.6. The molecule has 6 nitrogen and oxygen atoms in total. The van der Waals surface area contributed by atoms with Gasteiger partial charge in [0.05, 0.1) is 7.11 Å². The summed E-state index contributed by atoms with van der Waals surface area (Å²) in [6.45, 7) is 0.579. The van der Waals surface area contributed by atoms with E-state index in [2.05, 4.69) is 5.32 Å². The lowest BCUT2D eigenvalue weighted by Gasteiger charge is -2.18. The summed E-state index contributed by atoms with van der Waals surface area (Å²) in [5, 5.41) is 2.85. The van der Waals surface area contributed by atoms with Crippen LogP contribution in [0.3, 0.4) is 0 Å². The molecule has 2 amide bonds. The van der Waals surface area contributed by atoms with Crippen LogP contribution in [-0.2, 0) is 4.79 Å². The lowest BCUT2D eigenvalue weighted by atomic mass is 10.1. The lowest BCUT2D eigenvalue weighted by molar-refractivity contribution is -0.118. The number of rotatable bonds is 5. The molecule has 26 heavy (non-hydrogen) atoms. The molecule has 1 saturated heterocycles. The molecule has 1 fully saturated rings. The highest BCUT2D eigenvalue weighted by Crippen LogP contribution is 2.24. The summed E-state index contributed by atoms with van der Waals surface area (Å²) in [7, 11) is 5.49. The largest absolute Gasteiger partial charge is 0.497 e. The Morgan fingerprint density at radius 1 is 1.12 bits per heavy atom. The molecule has 1 unspecified atom stereocenters. The Hall–Kier alpha value is -3.02. The number of carbonyl (C=O) groups excluding carboxylic acids is 2. The van der Waals surface area contributed by atoms with Crippen LogP contribution in [0.25, 0.3) is 0 Å². The highest BCUT2D eigenvalue weighted by molar-refractivity contribution is 6.04. The molecule has 0 spiro atoms. The van der Waals surface area contributed by atoms with Gasteiger partial charge in [-0.15, -0.1) is 0 Å². The topological polar surface area (TPSA) is 61.9 Å². The van der Waals surface area contributed by atoms with Crippen LogP contribution in [0.5, 0.6) is 5.75 Å². The third-order valence-corrected chi connectivity index (χ3v) is 4.54. The van der Waals surface area contributed by atoms with Gasteiger partial charge in [0.25, 0.3) is 5.91 Å². The van der Waals surface area contributed by atoms with Gasteiger partial charge in [0.1, 0.15) is 11.8 Å². The van der Waals surface area contributed by atoms with Crippen LogP contribution in [-0.4, -0.2) is 45.6 Å². The van der Waals surface area contributed by atoms with E-state index < -0.39 is 6.04 Å². The molecule has 1 heterocycles. The van der Waals surface area contributed by atoms with Gasteiger partial charge >= 0.3 is 0 Å². The first-order chi connectivity index (χ1) is 12.5. The van der Waals surface area contributed by atoms with E-state index in [1.165, 1.54) is 0 Å². The molecule has 1 aliphatic heterocycles. The smallest absolute Gasteiger partial charge is 0.251 e. The Balaban J connectivity index is 1.65. The number of methoxy groups -OCH3 is 1. The number of amides is 2. The van der Waals surface area contributed by atoms with Crippen molar-refractivity contribution < 1.29 is 14.3 Å². The number of hydrogen-bond donors (Lipinski definition) is 1. The minimum atomic E-state index is -0.502. The number of carbonyl (C=O) groups is 2. The first-order valence-electron chi connectivity index (χ1n) is 8.53. The molecule has 2 aromatic rings. The highest BCUT2D eigenvalue weighted by Gasteiger charge is 2.33. The molecule has 3 rings (SSSR count). The van der Waals surface area contributed by atoms with E-state index in [0.29, 0.717) is 18.5 Å². The molecule has 1 atom stereocenters. The van der Waals surface area contributed by atoms with Gasteiger partial charge in [-0.1, -0.05) is 0 Å². The van der Waals surface area contributed by atoms with Crippen LogP contribution >= 0.6 is 0 Å². The molecule has 0 saturated carbocycles. The van der Waals surface area contributed by atoms with Crippen molar-refractivity contribution in [2.45, 2.75) is 12.5 Å². The Bertz CT molecular complexity index is 785. The number of anilines is 2. The van der Waals surface area contributed by atoms with E-state index in [1.807, 2.05) is 55.4 Å². The summed E-state index contributed by atoms with van der Waals surface area (Å²) in [6.07, 6.45) is 0.590. The summed E-state index contributed by atoms with van der Waals surface area (Å²) in [4.78, 5) is 28.7. The Labute approximate surface area is 153 Å². The van der Waals surface area contributed by atoms with Crippen molar-refractivity contribution in [3.05, 3.63) is 54.1 Å². The number of nitrogens with zero attached hydrogens (tertiary/aromatic N) is 2. The minimum absolute atomic E-state index is 0.0894. The van der Waals surface area contributed by atoms with Gasteiger partial charge in [-0.2, -0.15) is 0 Å². The predicted molar refractivity (Wildman–Crippen MR) is 102 cm³/mol. The fourth-order valence-corrected chi connectivity index (χ4v) is 2.98. The van der Waals surface area contributed by atoms with Crippen LogP contribution in [0, 0.1) is 0 Å². The Morgan fingerprint density at radius 2 is 1.77 bits per heavy atom. The molecular weight excluding hydrogens is 330 g/mol. The first-order valence-corrected chi connectivity index (χ1v) is 8.53. The van der Waals surface area contributed by atoms with E-state index in [-0.39, 0.29) is 11.8 Å². The zero-order valence-electron chi connectivity index (χ0n) is 15.2. The minimum Gasteiger partial charge on any atom is -0.497 e. The molecule has 0 aromatic heterocycles. The normalized spacial score (nSPS) is 16.5. The molecule has 136 valence electrons. The zero-order chi connectivity index (χ0) is 18.7. The zero-order valence-corrected chi connectivity index (χ0v) is 15.2. The lowest BCUT2D eigenvalue weighted by Crippen LogP contribution is -2.41. The van der Waals surface area contributed by atoms with E-state index in [9.17, 15) is 9.59 Å². The second kappa shape index (κ2) is 7.47. The van der Waals surface area contributed by atoms with Crippen LogP contribution < -0.4 is 19.9 Å². The van der Waals surface area contributed by atoms with E-state index >= 15 is 0 Å². The molecule has 1 N–H and O–H groups in total. The Kier molecular flexibility index (Phi) is 5.11. The molecule has 2 aromatic carbocycles. The molecule has 1 aliphatic rings. The van der Waals surface area contributed by atoms with Crippen molar-refractivity contribution in [3.63, 3.8) is 0 Å². The van der Waals surface area contributed by atoms with Crippen molar-refractivity contribution >= 4 is 23.2 Å².